The summed E-state index contributed by atoms with van der Waals surface area (Å²) in [6, 6.07) is 1.43. The molecule has 90 valence electrons. The average molecular weight is 212 g/mol. The zero-order chi connectivity index (χ0) is 11.4. The van der Waals surface area contributed by atoms with Crippen molar-refractivity contribution in [2.75, 3.05) is 19.6 Å². The van der Waals surface area contributed by atoms with Crippen molar-refractivity contribution in [3.8, 4) is 0 Å². The molecule has 1 rings (SSSR count). The third-order valence-corrected chi connectivity index (χ3v) is 3.62. The molecule has 1 aliphatic rings. The second kappa shape index (κ2) is 5.86. The second-order valence-electron chi connectivity index (χ2n) is 5.55. The maximum atomic E-state index is 3.60. The van der Waals surface area contributed by atoms with Crippen molar-refractivity contribution in [1.29, 1.82) is 0 Å². The van der Waals surface area contributed by atoms with E-state index < -0.39 is 0 Å². The minimum Gasteiger partial charge on any atom is -0.313 e. The molecule has 2 nitrogen and oxygen atoms in total. The molecule has 0 spiro atoms. The van der Waals surface area contributed by atoms with Crippen molar-refractivity contribution in [2.24, 2.45) is 11.8 Å². The Balaban J connectivity index is 2.43. The van der Waals surface area contributed by atoms with E-state index >= 15 is 0 Å². The van der Waals surface area contributed by atoms with Gasteiger partial charge in [-0.3, -0.25) is 4.90 Å². The molecule has 0 aromatic heterocycles. The molecular formula is C13H28N2. The number of nitrogens with one attached hydrogen (secondary N) is 1. The van der Waals surface area contributed by atoms with Crippen LogP contribution in [0, 0.1) is 11.8 Å². The van der Waals surface area contributed by atoms with Crippen molar-refractivity contribution >= 4 is 0 Å². The molecule has 1 fully saturated rings. The number of hydrogen-bond donors (Lipinski definition) is 1. The van der Waals surface area contributed by atoms with Crippen LogP contribution in [0.15, 0.2) is 0 Å². The van der Waals surface area contributed by atoms with E-state index in [9.17, 15) is 0 Å². The van der Waals surface area contributed by atoms with E-state index in [0.717, 1.165) is 24.4 Å². The Hall–Kier alpha value is -0.0800. The van der Waals surface area contributed by atoms with Gasteiger partial charge in [-0.15, -0.1) is 0 Å². The van der Waals surface area contributed by atoms with Gasteiger partial charge in [-0.25, -0.2) is 0 Å². The predicted molar refractivity (Wildman–Crippen MR) is 67.1 cm³/mol. The fourth-order valence-electron chi connectivity index (χ4n) is 2.67. The van der Waals surface area contributed by atoms with Gasteiger partial charge in [0.15, 0.2) is 0 Å². The third-order valence-electron chi connectivity index (χ3n) is 3.62. The zero-order valence-electron chi connectivity index (χ0n) is 11.1. The molecule has 0 aromatic carbocycles. The van der Waals surface area contributed by atoms with Gasteiger partial charge in [0.1, 0.15) is 0 Å². The van der Waals surface area contributed by atoms with Crippen molar-refractivity contribution in [3.63, 3.8) is 0 Å². The van der Waals surface area contributed by atoms with Crippen LogP contribution in [-0.2, 0) is 0 Å². The Morgan fingerprint density at radius 1 is 1.33 bits per heavy atom. The van der Waals surface area contributed by atoms with Gasteiger partial charge >= 0.3 is 0 Å². The minimum absolute atomic E-state index is 0.655. The lowest BCUT2D eigenvalue weighted by atomic mass is 10.0. The Morgan fingerprint density at radius 3 is 2.40 bits per heavy atom. The first kappa shape index (κ1) is 13.0. The highest BCUT2D eigenvalue weighted by molar-refractivity contribution is 4.84. The lowest BCUT2D eigenvalue weighted by Crippen LogP contribution is -2.45. The molecule has 0 radical (unpaired) electrons. The van der Waals surface area contributed by atoms with Gasteiger partial charge in [0.2, 0.25) is 0 Å². The highest BCUT2D eigenvalue weighted by atomic mass is 15.2. The van der Waals surface area contributed by atoms with E-state index in [0.29, 0.717) is 6.04 Å². The first-order chi connectivity index (χ1) is 7.04. The summed E-state index contributed by atoms with van der Waals surface area (Å²) in [7, 11) is 0. The normalized spacial score (nSPS) is 30.0. The van der Waals surface area contributed by atoms with Gasteiger partial charge in [0.05, 0.1) is 0 Å². The molecule has 1 saturated heterocycles. The molecule has 0 aliphatic carbocycles. The average Bonchev–Trinajstić information content (AvgIpc) is 2.44. The van der Waals surface area contributed by atoms with Crippen LogP contribution in [0.5, 0.6) is 0 Å². The smallest absolute Gasteiger partial charge is 0.0217 e. The first-order valence-corrected chi connectivity index (χ1v) is 6.52. The number of likely N-dealkylation sites (tertiary alicyclic amines) is 1. The summed E-state index contributed by atoms with van der Waals surface area (Å²) in [6.07, 6.45) is 1.37. The molecule has 3 atom stereocenters. The summed E-state index contributed by atoms with van der Waals surface area (Å²) in [5.74, 6) is 1.61. The van der Waals surface area contributed by atoms with Gasteiger partial charge in [-0.05, 0) is 31.7 Å². The standard InChI is InChI=1S/C13H28N2/c1-6-14-13(10(2)3)9-15-8-11(4)7-12(15)5/h10-14H,6-9H2,1-5H3. The maximum Gasteiger partial charge on any atom is 0.0217 e. The molecule has 1 N–H and O–H groups in total. The number of nitrogens with zero attached hydrogens (tertiary/aromatic N) is 1. The van der Waals surface area contributed by atoms with Gasteiger partial charge < -0.3 is 5.32 Å². The van der Waals surface area contributed by atoms with Crippen LogP contribution in [-0.4, -0.2) is 36.6 Å². The molecule has 2 heteroatoms. The Labute approximate surface area is 95.4 Å². The van der Waals surface area contributed by atoms with E-state index in [1.165, 1.54) is 19.5 Å². The SMILES string of the molecule is CCNC(CN1CC(C)CC1C)C(C)C. The van der Waals surface area contributed by atoms with Crippen molar-refractivity contribution in [1.82, 2.24) is 10.2 Å². The molecule has 0 saturated carbocycles. The molecule has 1 heterocycles. The fourth-order valence-corrected chi connectivity index (χ4v) is 2.67. The Bertz CT molecular complexity index is 179. The summed E-state index contributed by atoms with van der Waals surface area (Å²) >= 11 is 0. The molecule has 0 amide bonds. The highest BCUT2D eigenvalue weighted by Gasteiger charge is 2.28. The summed E-state index contributed by atoms with van der Waals surface area (Å²) in [6.45, 7) is 15.2. The number of likely N-dealkylation sites (N-methyl/N-ethyl adjacent to an activating group) is 1. The third kappa shape index (κ3) is 3.76. The zero-order valence-corrected chi connectivity index (χ0v) is 11.1. The summed E-state index contributed by atoms with van der Waals surface area (Å²) in [5, 5.41) is 3.60. The van der Waals surface area contributed by atoms with Crippen LogP contribution in [0.4, 0.5) is 0 Å². The molecule has 0 aromatic rings. The largest absolute Gasteiger partial charge is 0.313 e. The first-order valence-electron chi connectivity index (χ1n) is 6.52. The van der Waals surface area contributed by atoms with Crippen molar-refractivity contribution in [2.45, 2.75) is 53.1 Å². The predicted octanol–water partition coefficient (Wildman–Crippen LogP) is 2.35. The quantitative estimate of drug-likeness (QED) is 0.752. The van der Waals surface area contributed by atoms with E-state index in [2.05, 4.69) is 44.8 Å². The van der Waals surface area contributed by atoms with E-state index in [4.69, 9.17) is 0 Å². The second-order valence-corrected chi connectivity index (χ2v) is 5.55. The van der Waals surface area contributed by atoms with Crippen LogP contribution in [0.25, 0.3) is 0 Å². The Morgan fingerprint density at radius 2 is 2.00 bits per heavy atom. The van der Waals surface area contributed by atoms with E-state index in [1.807, 2.05) is 0 Å². The molecule has 15 heavy (non-hydrogen) atoms. The molecule has 1 aliphatic heterocycles. The van der Waals surface area contributed by atoms with Crippen molar-refractivity contribution in [3.05, 3.63) is 0 Å². The van der Waals surface area contributed by atoms with Crippen LogP contribution in [0.3, 0.4) is 0 Å². The maximum absolute atomic E-state index is 3.60. The molecule has 3 unspecified atom stereocenters. The van der Waals surface area contributed by atoms with Crippen LogP contribution < -0.4 is 5.32 Å². The topological polar surface area (TPSA) is 15.3 Å². The van der Waals surface area contributed by atoms with Crippen molar-refractivity contribution < 1.29 is 0 Å². The van der Waals surface area contributed by atoms with Gasteiger partial charge in [0.25, 0.3) is 0 Å². The minimum atomic E-state index is 0.655. The van der Waals surface area contributed by atoms with Gasteiger partial charge in [-0.1, -0.05) is 27.7 Å². The van der Waals surface area contributed by atoms with E-state index in [-0.39, 0.29) is 0 Å². The lowest BCUT2D eigenvalue weighted by molar-refractivity contribution is 0.211. The summed E-state index contributed by atoms with van der Waals surface area (Å²) < 4.78 is 0. The highest BCUT2D eigenvalue weighted by Crippen LogP contribution is 2.23. The molecular weight excluding hydrogens is 184 g/mol. The van der Waals surface area contributed by atoms with Crippen LogP contribution >= 0.6 is 0 Å². The fraction of sp³-hybridized carbons (Fsp3) is 1.00. The summed E-state index contributed by atoms with van der Waals surface area (Å²) in [5.41, 5.74) is 0. The van der Waals surface area contributed by atoms with Crippen LogP contribution in [0.1, 0.15) is 41.0 Å². The lowest BCUT2D eigenvalue weighted by Gasteiger charge is -2.30. The number of rotatable bonds is 5. The van der Waals surface area contributed by atoms with Gasteiger partial charge in [0, 0.05) is 25.2 Å². The molecule has 0 bridgehead atoms. The monoisotopic (exact) mass is 212 g/mol. The van der Waals surface area contributed by atoms with Crippen LogP contribution in [0.2, 0.25) is 0 Å². The Kier molecular flexibility index (Phi) is 5.07. The summed E-state index contributed by atoms with van der Waals surface area (Å²) in [4.78, 5) is 2.65. The van der Waals surface area contributed by atoms with Gasteiger partial charge in [-0.2, -0.15) is 0 Å². The number of hydrogen-bond acceptors (Lipinski definition) is 2. The van der Waals surface area contributed by atoms with E-state index in [1.54, 1.807) is 0 Å².